The minimum atomic E-state index is -0.360. The molecule has 2 fully saturated rings. The minimum absolute atomic E-state index is 0.231. The molecule has 56 heavy (non-hydrogen) atoms. The summed E-state index contributed by atoms with van der Waals surface area (Å²) in [5, 5.41) is 18.6. The molecule has 0 bridgehead atoms. The van der Waals surface area contributed by atoms with Crippen LogP contribution in [0.2, 0.25) is 0 Å². The summed E-state index contributed by atoms with van der Waals surface area (Å²) < 4.78 is 27.3. The van der Waals surface area contributed by atoms with Crippen LogP contribution in [0, 0.1) is 4.77 Å². The molecule has 6 rings (SSSR count). The van der Waals surface area contributed by atoms with Crippen LogP contribution in [0.1, 0.15) is 71.3 Å². The average Bonchev–Trinajstić information content (AvgIpc) is 3.86. The highest BCUT2D eigenvalue weighted by Crippen LogP contribution is 2.37. The Morgan fingerprint density at radius 3 is 1.52 bits per heavy atom. The number of carbonyl (C=O) groups excluding carboxylic acids is 1. The van der Waals surface area contributed by atoms with Crippen LogP contribution >= 0.6 is 37.1 Å². The molecule has 17 nitrogen and oxygen atoms in total. The summed E-state index contributed by atoms with van der Waals surface area (Å²) in [5.74, 6) is 14.8. The highest BCUT2D eigenvalue weighted by Gasteiger charge is 2.52. The number of H-pyrrole nitrogens is 1. The van der Waals surface area contributed by atoms with Gasteiger partial charge in [-0.1, -0.05) is 48.5 Å². The van der Waals surface area contributed by atoms with Gasteiger partial charge < -0.3 is 29.6 Å². The first-order chi connectivity index (χ1) is 26.2. The van der Waals surface area contributed by atoms with Crippen LogP contribution in [0.15, 0.2) is 83.3 Å². The number of aldehydes is 1. The summed E-state index contributed by atoms with van der Waals surface area (Å²) >= 11 is 13.4. The molecule has 2 saturated heterocycles. The number of nitrogens with zero attached hydrogens (tertiary/aromatic N) is 4. The molecule has 302 valence electrons. The number of rotatable bonds is 5. The van der Waals surface area contributed by atoms with E-state index in [0.29, 0.717) is 10.3 Å². The second-order valence-electron chi connectivity index (χ2n) is 13.9. The molecule has 4 heterocycles. The maximum atomic E-state index is 10.6. The number of nitrogens with one attached hydrogen (secondary N) is 3. The molecule has 22 heteroatoms. The number of hydrazine groups is 2. The lowest BCUT2D eigenvalue weighted by atomic mass is 9.79. The number of benzene rings is 2. The van der Waals surface area contributed by atoms with Crippen molar-refractivity contribution in [3.63, 3.8) is 0 Å². The van der Waals surface area contributed by atoms with Crippen LogP contribution in [0.25, 0.3) is 0 Å². The zero-order chi connectivity index (χ0) is 42.3. The van der Waals surface area contributed by atoms with E-state index in [0.717, 1.165) is 27.8 Å². The van der Waals surface area contributed by atoms with Crippen molar-refractivity contribution in [1.29, 1.82) is 0 Å². The molecular weight excluding hydrogens is 778 g/mol. The largest absolute Gasteiger partial charge is 0.494 e. The number of nitrogens with two attached hydrogens (primary N) is 3. The fourth-order valence-corrected chi connectivity index (χ4v) is 4.61. The van der Waals surface area contributed by atoms with E-state index in [1.165, 1.54) is 15.7 Å². The summed E-state index contributed by atoms with van der Waals surface area (Å²) in [4.78, 5) is 18.9. The first-order valence-electron chi connectivity index (χ1n) is 16.9. The highest BCUT2D eigenvalue weighted by atomic mass is 32.1. The molecule has 0 radical (unpaired) electrons. The zero-order valence-electron chi connectivity index (χ0n) is 32.5. The Labute approximate surface area is 343 Å². The van der Waals surface area contributed by atoms with Crippen LogP contribution in [-0.4, -0.2) is 85.4 Å². The van der Waals surface area contributed by atoms with Gasteiger partial charge in [0, 0.05) is 11.8 Å². The molecule has 0 saturated carbocycles. The number of aromatic amines is 1. The Morgan fingerprint density at radius 2 is 1.25 bits per heavy atom. The van der Waals surface area contributed by atoms with E-state index >= 15 is 0 Å². The van der Waals surface area contributed by atoms with Crippen molar-refractivity contribution in [3.8, 4) is 0 Å². The molecule has 0 atom stereocenters. The number of carbonyl (C=O) groups is 2. The van der Waals surface area contributed by atoms with Gasteiger partial charge in [-0.25, -0.2) is 11.7 Å². The second-order valence-corrected chi connectivity index (χ2v) is 15.1. The highest BCUT2D eigenvalue weighted by molar-refractivity contribution is 7.80. The van der Waals surface area contributed by atoms with Crippen molar-refractivity contribution in [1.82, 2.24) is 30.4 Å². The van der Waals surface area contributed by atoms with Gasteiger partial charge in [-0.3, -0.25) is 30.2 Å². The van der Waals surface area contributed by atoms with Gasteiger partial charge in [0.1, 0.15) is 12.6 Å². The smallest absolute Gasteiger partial charge is 0.483 e. The molecule has 0 unspecified atom stereocenters. The molecule has 2 aliphatic heterocycles. The van der Waals surface area contributed by atoms with E-state index in [2.05, 4.69) is 51.0 Å². The molecule has 0 aliphatic carbocycles. The number of aromatic nitrogens is 4. The van der Waals surface area contributed by atoms with Crippen molar-refractivity contribution in [2.75, 3.05) is 5.84 Å². The topological polar surface area (TPSA) is 244 Å². The van der Waals surface area contributed by atoms with Gasteiger partial charge in [-0.2, -0.15) is 14.9 Å². The first-order valence-corrected chi connectivity index (χ1v) is 18.1. The zero-order valence-corrected chi connectivity index (χ0v) is 35.0. The average molecular weight is 829 g/mol. The summed E-state index contributed by atoms with van der Waals surface area (Å²) in [6.07, 6.45) is 5.81. The van der Waals surface area contributed by atoms with E-state index in [9.17, 15) is 4.79 Å². The Bertz CT molecular complexity index is 1880. The molecule has 2 aromatic heterocycles. The van der Waals surface area contributed by atoms with E-state index in [-0.39, 0.29) is 48.2 Å². The predicted molar refractivity (Wildman–Crippen MR) is 228 cm³/mol. The maximum absolute atomic E-state index is 10.6. The summed E-state index contributed by atoms with van der Waals surface area (Å²) in [5.41, 5.74) is 6.42. The van der Waals surface area contributed by atoms with E-state index < -0.39 is 0 Å². The van der Waals surface area contributed by atoms with Gasteiger partial charge in [0.2, 0.25) is 4.77 Å². The third kappa shape index (κ3) is 13.7. The van der Waals surface area contributed by atoms with E-state index in [1.807, 2.05) is 104 Å². The monoisotopic (exact) mass is 828 g/mol. The van der Waals surface area contributed by atoms with Crippen LogP contribution in [0.5, 0.6) is 0 Å². The minimum Gasteiger partial charge on any atom is -0.483 e. The third-order valence-corrected chi connectivity index (χ3v) is 9.84. The molecule has 0 spiro atoms. The Morgan fingerprint density at radius 1 is 0.839 bits per heavy atom. The number of hydrogen-bond donors (Lipinski definition) is 8. The Hall–Kier alpha value is -4.38. The van der Waals surface area contributed by atoms with E-state index in [1.54, 1.807) is 24.5 Å². The quantitative estimate of drug-likeness (QED) is 0.0274. The van der Waals surface area contributed by atoms with Crippen LogP contribution < -0.4 is 39.3 Å². The van der Waals surface area contributed by atoms with Gasteiger partial charge in [0.15, 0.2) is 5.11 Å². The second kappa shape index (κ2) is 21.2. The first kappa shape index (κ1) is 47.8. The van der Waals surface area contributed by atoms with Crippen LogP contribution in [0.3, 0.4) is 0 Å². The molecule has 10 N–H and O–H groups in total. The van der Waals surface area contributed by atoms with Gasteiger partial charge in [0.25, 0.3) is 6.47 Å². The molecule has 0 amide bonds. The van der Waals surface area contributed by atoms with E-state index in [4.69, 9.17) is 58.3 Å². The maximum Gasteiger partial charge on any atom is 0.494 e. The van der Waals surface area contributed by atoms with Crippen molar-refractivity contribution >= 4 is 86.3 Å². The summed E-state index contributed by atoms with van der Waals surface area (Å²) in [6.45, 7) is 16.0. The lowest BCUT2D eigenvalue weighted by Gasteiger charge is -2.32. The normalized spacial score (nSPS) is 16.7. The fourth-order valence-electron chi connectivity index (χ4n) is 4.31. The number of carboxylic acid groups (broad SMARTS) is 1. The number of nitrogen functional groups attached to an aromatic ring is 1. The van der Waals surface area contributed by atoms with Crippen LogP contribution in [0.4, 0.5) is 0 Å². The molecule has 2 aliphatic rings. The lowest BCUT2D eigenvalue weighted by molar-refractivity contribution is -0.122. The van der Waals surface area contributed by atoms with Crippen molar-refractivity contribution in [2.45, 2.75) is 82.8 Å². The third-order valence-electron chi connectivity index (χ3n) is 8.95. The van der Waals surface area contributed by atoms with Gasteiger partial charge in [-0.05, 0) is 108 Å². The van der Waals surface area contributed by atoms with Crippen LogP contribution in [-0.2, 0) is 23.4 Å². The SMILES string of the molecule is CC1(C)OB(c2ccc(/C=N/n3cn[nH]c3=S)cc2)OC1(C)C.CC1(C)OB(c2ccc(C=O)cc2)OC1(C)C.NNC(=S)NN.Nn1cccc1S.O=CO. The van der Waals surface area contributed by atoms with Gasteiger partial charge in [-0.15, -0.1) is 12.6 Å². The fraction of sp³-hybridized carbons (Fsp3) is 0.353. The van der Waals surface area contributed by atoms with Crippen molar-refractivity contribution in [2.24, 2.45) is 16.8 Å². The lowest BCUT2D eigenvalue weighted by Crippen LogP contribution is -2.43. The van der Waals surface area contributed by atoms with Gasteiger partial charge in [0.05, 0.1) is 33.6 Å². The Balaban J connectivity index is 0.000000285. The standard InChI is InChI=1S/C15H19BN4O2S.C13H17BO3.C4H6N2S.CH6N4S.CH2O2/c1-14(2)15(3,4)22-16(21-14)12-7-5-11(6-8-12)9-18-20-10-17-19-13(20)23;1-12(2)13(3,4)17-14(16-12)11-7-5-10(9-15)6-8-11;5-6-3-1-2-4(6)7;2-4-1(6)5-3;2-1-3/h5-10H,1-4H3,(H,19,23);5-9H,1-4H3;1-3,7H,5H2;2-3H2,(H2,4,5,6);1H,(H,2,3)/b18-9+;;;;. The number of hydrogen-bond acceptors (Lipinski definition) is 14. The predicted octanol–water partition coefficient (Wildman–Crippen LogP) is 2.31. The number of thiocarbonyl (C=S) groups is 1. The summed E-state index contributed by atoms with van der Waals surface area (Å²) in [7, 11) is -0.714. The summed E-state index contributed by atoms with van der Waals surface area (Å²) in [6, 6.07) is 18.8. The molecular formula is C34H50B2N10O7S3. The number of thiol groups is 1. The van der Waals surface area contributed by atoms with Crippen molar-refractivity contribution in [3.05, 3.63) is 89.1 Å². The van der Waals surface area contributed by atoms with Crippen molar-refractivity contribution < 1.29 is 33.3 Å². The Kier molecular flexibility index (Phi) is 18.1. The molecule has 2 aromatic carbocycles. The molecule has 4 aromatic rings. The van der Waals surface area contributed by atoms with Gasteiger partial charge >= 0.3 is 14.2 Å².